The van der Waals surface area contributed by atoms with Crippen LogP contribution >= 0.6 is 15.9 Å². The summed E-state index contributed by atoms with van der Waals surface area (Å²) in [5.41, 5.74) is 2.54. The Morgan fingerprint density at radius 3 is 2.73 bits per heavy atom. The van der Waals surface area contributed by atoms with E-state index in [1.807, 2.05) is 12.1 Å². The zero-order valence-corrected chi connectivity index (χ0v) is 18.9. The van der Waals surface area contributed by atoms with Crippen LogP contribution in [0.25, 0.3) is 0 Å². The highest BCUT2D eigenvalue weighted by molar-refractivity contribution is 9.10. The lowest BCUT2D eigenvalue weighted by Crippen LogP contribution is -2.49. The predicted molar refractivity (Wildman–Crippen MR) is 116 cm³/mol. The number of hydrogen-bond donors (Lipinski definition) is 0. The quantitative estimate of drug-likeness (QED) is 0.645. The molecule has 1 amide bonds. The SMILES string of the molecule is CC(=O)N1CCc2cc(Br)c(S(=O)(=O)N3CC4CC(C3)c3cccc(=O)n3C4)cc21. The van der Waals surface area contributed by atoms with Crippen molar-refractivity contribution in [2.75, 3.05) is 24.5 Å². The Labute approximate surface area is 183 Å². The van der Waals surface area contributed by atoms with Gasteiger partial charge in [-0.05, 0) is 58.5 Å². The van der Waals surface area contributed by atoms with Crippen LogP contribution in [0.3, 0.4) is 0 Å². The van der Waals surface area contributed by atoms with Crippen molar-refractivity contribution >= 4 is 37.5 Å². The predicted octanol–water partition coefficient (Wildman–Crippen LogP) is 2.33. The molecule has 3 aliphatic rings. The first-order valence-corrected chi connectivity index (χ1v) is 12.3. The molecule has 7 nitrogen and oxygen atoms in total. The smallest absolute Gasteiger partial charge is 0.250 e. The number of carbonyl (C=O) groups excluding carboxylic acids is 1. The number of rotatable bonds is 2. The number of nitrogens with zero attached hydrogens (tertiary/aromatic N) is 3. The third kappa shape index (κ3) is 3.06. The number of aromatic nitrogens is 1. The van der Waals surface area contributed by atoms with Gasteiger partial charge in [0.05, 0.1) is 4.90 Å². The molecule has 2 atom stereocenters. The first-order chi connectivity index (χ1) is 14.3. The normalized spacial score (nSPS) is 23.2. The third-order valence-electron chi connectivity index (χ3n) is 6.47. The minimum atomic E-state index is -3.76. The first-order valence-electron chi connectivity index (χ1n) is 10.1. The molecule has 0 aliphatic carbocycles. The summed E-state index contributed by atoms with van der Waals surface area (Å²) >= 11 is 3.45. The maximum absolute atomic E-state index is 13.6. The maximum atomic E-state index is 13.6. The Kier molecular flexibility index (Phi) is 4.68. The largest absolute Gasteiger partial charge is 0.312 e. The van der Waals surface area contributed by atoms with Crippen molar-refractivity contribution in [2.45, 2.75) is 37.1 Å². The number of carbonyl (C=O) groups is 1. The van der Waals surface area contributed by atoms with Gasteiger partial charge in [-0.3, -0.25) is 9.59 Å². The minimum Gasteiger partial charge on any atom is -0.312 e. The minimum absolute atomic E-state index is 0.00287. The molecule has 0 radical (unpaired) electrons. The molecule has 2 unspecified atom stereocenters. The van der Waals surface area contributed by atoms with E-state index >= 15 is 0 Å². The Hall–Kier alpha value is -1.97. The Balaban J connectivity index is 1.52. The lowest BCUT2D eigenvalue weighted by atomic mass is 9.84. The molecule has 3 aliphatic heterocycles. The summed E-state index contributed by atoms with van der Waals surface area (Å²) in [5.74, 6) is 0.0186. The maximum Gasteiger partial charge on any atom is 0.250 e. The topological polar surface area (TPSA) is 79.7 Å². The van der Waals surface area contributed by atoms with Crippen molar-refractivity contribution in [1.82, 2.24) is 8.87 Å². The molecule has 2 aromatic rings. The van der Waals surface area contributed by atoms with Gasteiger partial charge in [0.15, 0.2) is 0 Å². The number of piperidine rings is 1. The molecular formula is C21H22BrN3O4S. The van der Waals surface area contributed by atoms with Crippen LogP contribution in [0.4, 0.5) is 5.69 Å². The van der Waals surface area contributed by atoms with Gasteiger partial charge in [0.25, 0.3) is 5.56 Å². The number of benzene rings is 1. The van der Waals surface area contributed by atoms with Crippen LogP contribution in [0.2, 0.25) is 0 Å². The lowest BCUT2D eigenvalue weighted by Gasteiger charge is -2.42. The van der Waals surface area contributed by atoms with Gasteiger partial charge in [-0.1, -0.05) is 6.07 Å². The monoisotopic (exact) mass is 491 g/mol. The molecule has 5 rings (SSSR count). The van der Waals surface area contributed by atoms with Gasteiger partial charge >= 0.3 is 0 Å². The van der Waals surface area contributed by atoms with Crippen LogP contribution < -0.4 is 10.5 Å². The summed E-state index contributed by atoms with van der Waals surface area (Å²) in [5, 5.41) is 0. The molecule has 1 aromatic heterocycles. The van der Waals surface area contributed by atoms with E-state index in [2.05, 4.69) is 15.9 Å². The highest BCUT2D eigenvalue weighted by Gasteiger charge is 2.40. The number of sulfonamides is 1. The number of pyridine rings is 1. The van der Waals surface area contributed by atoms with E-state index in [1.54, 1.807) is 32.0 Å². The van der Waals surface area contributed by atoms with Crippen molar-refractivity contribution in [1.29, 1.82) is 0 Å². The molecule has 0 spiro atoms. The van der Waals surface area contributed by atoms with Crippen LogP contribution in [-0.4, -0.2) is 42.8 Å². The molecule has 1 aromatic carbocycles. The van der Waals surface area contributed by atoms with Gasteiger partial charge < -0.3 is 9.47 Å². The Bertz CT molecular complexity index is 1220. The molecule has 1 fully saturated rings. The van der Waals surface area contributed by atoms with Crippen LogP contribution in [0.1, 0.15) is 30.5 Å². The highest BCUT2D eigenvalue weighted by atomic mass is 79.9. The summed E-state index contributed by atoms with van der Waals surface area (Å²) in [7, 11) is -3.76. The van der Waals surface area contributed by atoms with Crippen molar-refractivity contribution in [3.8, 4) is 0 Å². The van der Waals surface area contributed by atoms with Gasteiger partial charge in [0, 0.05) is 60.9 Å². The molecule has 2 bridgehead atoms. The number of amides is 1. The average Bonchev–Trinajstić information content (AvgIpc) is 3.11. The molecule has 30 heavy (non-hydrogen) atoms. The molecule has 0 N–H and O–H groups in total. The third-order valence-corrected chi connectivity index (χ3v) is 9.26. The number of halogens is 1. The van der Waals surface area contributed by atoms with Crippen LogP contribution in [-0.2, 0) is 27.8 Å². The fourth-order valence-corrected chi connectivity index (χ4v) is 7.73. The molecule has 158 valence electrons. The summed E-state index contributed by atoms with van der Waals surface area (Å²) < 4.78 is 31.1. The highest BCUT2D eigenvalue weighted by Crippen LogP contribution is 2.40. The summed E-state index contributed by atoms with van der Waals surface area (Å²) in [6.45, 7) is 3.35. The zero-order chi connectivity index (χ0) is 21.2. The van der Waals surface area contributed by atoms with Crippen molar-refractivity contribution in [3.63, 3.8) is 0 Å². The van der Waals surface area contributed by atoms with E-state index in [1.165, 1.54) is 6.92 Å². The molecule has 4 heterocycles. The van der Waals surface area contributed by atoms with E-state index < -0.39 is 10.0 Å². The van der Waals surface area contributed by atoms with E-state index in [0.717, 1.165) is 17.7 Å². The molecule has 1 saturated heterocycles. The lowest BCUT2D eigenvalue weighted by molar-refractivity contribution is -0.116. The second-order valence-corrected chi connectivity index (χ2v) is 11.1. The zero-order valence-electron chi connectivity index (χ0n) is 16.5. The summed E-state index contributed by atoms with van der Waals surface area (Å²) in [6, 6.07) is 8.68. The van der Waals surface area contributed by atoms with Crippen LogP contribution in [0, 0.1) is 5.92 Å². The molecular weight excluding hydrogens is 470 g/mol. The Morgan fingerprint density at radius 2 is 1.97 bits per heavy atom. The standard InChI is InChI=1S/C21H22BrN3O4S/c1-13(26)24-6-5-15-8-17(22)20(9-19(15)24)30(28,29)23-10-14-7-16(12-23)18-3-2-4-21(27)25(18)11-14/h2-4,8-9,14,16H,5-7,10-12H2,1H3. The van der Waals surface area contributed by atoms with E-state index in [0.29, 0.717) is 42.8 Å². The van der Waals surface area contributed by atoms with Crippen LogP contribution in [0.15, 0.2) is 44.5 Å². The second-order valence-electron chi connectivity index (χ2n) is 8.35. The fraction of sp³-hybridized carbons (Fsp3) is 0.429. The van der Waals surface area contributed by atoms with Gasteiger partial charge in [-0.25, -0.2) is 8.42 Å². The first kappa shape index (κ1) is 20.0. The van der Waals surface area contributed by atoms with Gasteiger partial charge in [-0.15, -0.1) is 0 Å². The number of anilines is 1. The van der Waals surface area contributed by atoms with E-state index in [-0.39, 0.29) is 28.2 Å². The summed E-state index contributed by atoms with van der Waals surface area (Å²) in [6.07, 6.45) is 1.60. The van der Waals surface area contributed by atoms with Gasteiger partial charge in [-0.2, -0.15) is 4.31 Å². The molecule has 0 saturated carbocycles. The fourth-order valence-electron chi connectivity index (χ4n) is 5.10. The Morgan fingerprint density at radius 1 is 1.17 bits per heavy atom. The van der Waals surface area contributed by atoms with Crippen LogP contribution in [0.5, 0.6) is 0 Å². The summed E-state index contributed by atoms with van der Waals surface area (Å²) in [4.78, 5) is 26.0. The van der Waals surface area contributed by atoms with Gasteiger partial charge in [0.2, 0.25) is 15.9 Å². The van der Waals surface area contributed by atoms with Crippen molar-refractivity contribution in [3.05, 3.63) is 56.4 Å². The van der Waals surface area contributed by atoms with Crippen molar-refractivity contribution in [2.24, 2.45) is 5.92 Å². The molecule has 9 heteroatoms. The second kappa shape index (κ2) is 7.03. The number of fused-ring (bicyclic) bond motifs is 5. The van der Waals surface area contributed by atoms with Crippen molar-refractivity contribution < 1.29 is 13.2 Å². The van der Waals surface area contributed by atoms with E-state index in [9.17, 15) is 18.0 Å². The van der Waals surface area contributed by atoms with Gasteiger partial charge in [0.1, 0.15) is 0 Å². The average molecular weight is 492 g/mol. The van der Waals surface area contributed by atoms with E-state index in [4.69, 9.17) is 0 Å². The number of hydrogen-bond acceptors (Lipinski definition) is 4.